The van der Waals surface area contributed by atoms with Crippen molar-refractivity contribution in [2.75, 3.05) is 13.2 Å². The van der Waals surface area contributed by atoms with E-state index < -0.39 is 17.1 Å². The second-order valence-corrected chi connectivity index (χ2v) is 5.68. The van der Waals surface area contributed by atoms with Gasteiger partial charge in [0.25, 0.3) is 5.91 Å². The summed E-state index contributed by atoms with van der Waals surface area (Å²) in [6.07, 6.45) is 3.77. The van der Waals surface area contributed by atoms with Crippen molar-refractivity contribution in [3.05, 3.63) is 0 Å². The lowest BCUT2D eigenvalue weighted by molar-refractivity contribution is -0.170. The number of ether oxygens (including phenoxy) is 1. The first-order valence-corrected chi connectivity index (χ1v) is 6.60. The van der Waals surface area contributed by atoms with E-state index in [1.807, 2.05) is 0 Å². The molecule has 0 saturated carbocycles. The van der Waals surface area contributed by atoms with E-state index in [0.717, 1.165) is 19.3 Å². The number of amides is 1. The van der Waals surface area contributed by atoms with Gasteiger partial charge in [0.05, 0.1) is 0 Å². The summed E-state index contributed by atoms with van der Waals surface area (Å²) in [5.74, 6) is -1.08. The van der Waals surface area contributed by atoms with Crippen LogP contribution in [0.1, 0.15) is 46.0 Å². The van der Waals surface area contributed by atoms with Crippen molar-refractivity contribution in [2.24, 2.45) is 0 Å². The minimum Gasteiger partial charge on any atom is -0.480 e. The average Bonchev–Trinajstić information content (AvgIpc) is 2.77. The summed E-state index contributed by atoms with van der Waals surface area (Å²) < 4.78 is 5.54. The van der Waals surface area contributed by atoms with Crippen LogP contribution in [0.25, 0.3) is 0 Å². The Kier molecular flexibility index (Phi) is 3.36. The molecule has 18 heavy (non-hydrogen) atoms. The first-order valence-electron chi connectivity index (χ1n) is 6.60. The van der Waals surface area contributed by atoms with E-state index in [1.54, 1.807) is 13.8 Å². The number of carboxylic acids is 1. The van der Waals surface area contributed by atoms with E-state index in [1.165, 1.54) is 4.90 Å². The Morgan fingerprint density at radius 2 is 1.89 bits per heavy atom. The summed E-state index contributed by atoms with van der Waals surface area (Å²) in [7, 11) is 0. The van der Waals surface area contributed by atoms with Crippen molar-refractivity contribution in [3.8, 4) is 0 Å². The summed E-state index contributed by atoms with van der Waals surface area (Å²) in [4.78, 5) is 25.6. The SMILES string of the molecule is CC1(C(=O)N2CCCCC2(C)C(=O)O)CCCO1. The van der Waals surface area contributed by atoms with Gasteiger partial charge in [-0.1, -0.05) is 0 Å². The largest absolute Gasteiger partial charge is 0.480 e. The predicted molar refractivity (Wildman–Crippen MR) is 65.2 cm³/mol. The topological polar surface area (TPSA) is 66.8 Å². The van der Waals surface area contributed by atoms with Crippen LogP contribution < -0.4 is 0 Å². The van der Waals surface area contributed by atoms with Crippen LogP contribution in [0.3, 0.4) is 0 Å². The van der Waals surface area contributed by atoms with Gasteiger partial charge in [-0.2, -0.15) is 0 Å². The van der Waals surface area contributed by atoms with Crippen molar-refractivity contribution in [1.82, 2.24) is 4.90 Å². The molecule has 2 saturated heterocycles. The minimum absolute atomic E-state index is 0.162. The fraction of sp³-hybridized carbons (Fsp3) is 0.846. The lowest BCUT2D eigenvalue weighted by Gasteiger charge is -2.44. The Hall–Kier alpha value is -1.10. The van der Waals surface area contributed by atoms with Crippen LogP contribution in [0.5, 0.6) is 0 Å². The van der Waals surface area contributed by atoms with Gasteiger partial charge in [-0.3, -0.25) is 4.79 Å². The Bertz CT molecular complexity index is 362. The maximum absolute atomic E-state index is 12.6. The van der Waals surface area contributed by atoms with E-state index in [-0.39, 0.29) is 5.91 Å². The molecule has 2 atom stereocenters. The van der Waals surface area contributed by atoms with Crippen LogP contribution in [0.15, 0.2) is 0 Å². The third-order valence-electron chi connectivity index (χ3n) is 4.27. The van der Waals surface area contributed by atoms with E-state index in [4.69, 9.17) is 4.74 Å². The van der Waals surface area contributed by atoms with E-state index in [2.05, 4.69) is 0 Å². The molecule has 5 heteroatoms. The number of rotatable bonds is 2. The number of piperidine rings is 1. The Labute approximate surface area is 107 Å². The highest BCUT2D eigenvalue weighted by Gasteiger charge is 2.50. The monoisotopic (exact) mass is 255 g/mol. The molecular formula is C13H21NO4. The molecule has 2 unspecified atom stereocenters. The second-order valence-electron chi connectivity index (χ2n) is 5.68. The quantitative estimate of drug-likeness (QED) is 0.810. The van der Waals surface area contributed by atoms with E-state index in [9.17, 15) is 14.7 Å². The lowest BCUT2D eigenvalue weighted by atomic mass is 9.86. The number of aliphatic carboxylic acids is 1. The maximum atomic E-state index is 12.6. The van der Waals surface area contributed by atoms with Gasteiger partial charge in [-0.05, 0) is 46.0 Å². The van der Waals surface area contributed by atoms with Gasteiger partial charge >= 0.3 is 5.97 Å². The summed E-state index contributed by atoms with van der Waals surface area (Å²) in [5, 5.41) is 9.41. The number of hydrogen-bond donors (Lipinski definition) is 1. The zero-order valence-corrected chi connectivity index (χ0v) is 11.1. The van der Waals surface area contributed by atoms with Gasteiger partial charge in [-0.15, -0.1) is 0 Å². The molecule has 0 aliphatic carbocycles. The van der Waals surface area contributed by atoms with E-state index in [0.29, 0.717) is 26.0 Å². The molecule has 1 amide bonds. The Morgan fingerprint density at radius 1 is 1.17 bits per heavy atom. The molecule has 0 aromatic rings. The van der Waals surface area contributed by atoms with Gasteiger partial charge in [0, 0.05) is 13.2 Å². The van der Waals surface area contributed by atoms with Crippen LogP contribution in [-0.2, 0) is 14.3 Å². The first kappa shape index (κ1) is 13.3. The molecular weight excluding hydrogens is 234 g/mol. The summed E-state index contributed by atoms with van der Waals surface area (Å²) in [5.41, 5.74) is -1.90. The smallest absolute Gasteiger partial charge is 0.329 e. The van der Waals surface area contributed by atoms with Crippen LogP contribution in [0, 0.1) is 0 Å². The summed E-state index contributed by atoms with van der Waals surface area (Å²) in [6.45, 7) is 4.52. The number of nitrogens with zero attached hydrogens (tertiary/aromatic N) is 1. The lowest BCUT2D eigenvalue weighted by Crippen LogP contribution is -2.62. The van der Waals surface area contributed by atoms with Crippen molar-refractivity contribution >= 4 is 11.9 Å². The molecule has 2 heterocycles. The summed E-state index contributed by atoms with van der Waals surface area (Å²) in [6, 6.07) is 0. The highest BCUT2D eigenvalue weighted by Crippen LogP contribution is 2.34. The summed E-state index contributed by atoms with van der Waals surface area (Å²) >= 11 is 0. The number of carboxylic acid groups (broad SMARTS) is 1. The van der Waals surface area contributed by atoms with Gasteiger partial charge in [0.15, 0.2) is 0 Å². The number of carbonyl (C=O) groups is 2. The molecule has 2 rings (SSSR count). The van der Waals surface area contributed by atoms with E-state index >= 15 is 0 Å². The third kappa shape index (κ3) is 2.00. The molecule has 0 radical (unpaired) electrons. The van der Waals surface area contributed by atoms with Gasteiger partial charge < -0.3 is 14.7 Å². The molecule has 0 aromatic heterocycles. The number of likely N-dealkylation sites (tertiary alicyclic amines) is 1. The van der Waals surface area contributed by atoms with Crippen LogP contribution in [0.2, 0.25) is 0 Å². The molecule has 0 bridgehead atoms. The van der Waals surface area contributed by atoms with Crippen molar-refractivity contribution in [1.29, 1.82) is 0 Å². The minimum atomic E-state index is -1.08. The normalized spacial score (nSPS) is 36.7. The molecule has 2 fully saturated rings. The zero-order chi connectivity index (χ0) is 13.4. The highest BCUT2D eigenvalue weighted by atomic mass is 16.5. The fourth-order valence-electron chi connectivity index (χ4n) is 2.90. The van der Waals surface area contributed by atoms with Crippen LogP contribution >= 0.6 is 0 Å². The second kappa shape index (κ2) is 4.53. The molecule has 2 aliphatic rings. The van der Waals surface area contributed by atoms with Crippen LogP contribution in [0.4, 0.5) is 0 Å². The highest BCUT2D eigenvalue weighted by molar-refractivity contribution is 5.91. The molecule has 2 aliphatic heterocycles. The van der Waals surface area contributed by atoms with Gasteiger partial charge in [0.1, 0.15) is 11.1 Å². The Balaban J connectivity index is 2.24. The molecule has 5 nitrogen and oxygen atoms in total. The van der Waals surface area contributed by atoms with Gasteiger partial charge in [0.2, 0.25) is 0 Å². The first-order chi connectivity index (χ1) is 8.40. The maximum Gasteiger partial charge on any atom is 0.329 e. The number of hydrogen-bond acceptors (Lipinski definition) is 3. The number of carbonyl (C=O) groups excluding carboxylic acids is 1. The van der Waals surface area contributed by atoms with Crippen molar-refractivity contribution in [3.63, 3.8) is 0 Å². The molecule has 0 aromatic carbocycles. The predicted octanol–water partition coefficient (Wildman–Crippen LogP) is 1.41. The van der Waals surface area contributed by atoms with Crippen LogP contribution in [-0.4, -0.2) is 46.2 Å². The standard InChI is InChI=1S/C13H21NO4/c1-12(11(16)17)6-3-4-8-14(12)10(15)13(2)7-5-9-18-13/h3-9H2,1-2H3,(H,16,17). The third-order valence-corrected chi connectivity index (χ3v) is 4.27. The molecule has 0 spiro atoms. The zero-order valence-electron chi connectivity index (χ0n) is 11.1. The van der Waals surface area contributed by atoms with Crippen molar-refractivity contribution < 1.29 is 19.4 Å². The molecule has 102 valence electrons. The Morgan fingerprint density at radius 3 is 2.44 bits per heavy atom. The average molecular weight is 255 g/mol. The van der Waals surface area contributed by atoms with Crippen molar-refractivity contribution in [2.45, 2.75) is 57.1 Å². The fourth-order valence-corrected chi connectivity index (χ4v) is 2.90. The van der Waals surface area contributed by atoms with Gasteiger partial charge in [-0.25, -0.2) is 4.79 Å². The molecule has 1 N–H and O–H groups in total.